The average molecular weight is 227 g/mol. The van der Waals surface area contributed by atoms with Gasteiger partial charge in [-0.1, -0.05) is 13.3 Å². The van der Waals surface area contributed by atoms with Crippen molar-refractivity contribution >= 4 is 11.8 Å². The molecule has 1 saturated heterocycles. The van der Waals surface area contributed by atoms with E-state index in [4.69, 9.17) is 0 Å². The van der Waals surface area contributed by atoms with Gasteiger partial charge in [-0.25, -0.2) is 0 Å². The number of carbonyl (C=O) groups is 2. The Morgan fingerprint density at radius 2 is 2.38 bits per heavy atom. The Kier molecular flexibility index (Phi) is 5.25. The van der Waals surface area contributed by atoms with Gasteiger partial charge in [-0.15, -0.1) is 0 Å². The van der Waals surface area contributed by atoms with E-state index in [1.54, 1.807) is 4.90 Å². The monoisotopic (exact) mass is 227 g/mol. The number of carbonyl (C=O) groups excluding carboxylic acids is 2. The summed E-state index contributed by atoms with van der Waals surface area (Å²) in [4.78, 5) is 24.8. The van der Waals surface area contributed by atoms with Crippen molar-refractivity contribution in [1.82, 2.24) is 15.5 Å². The standard InChI is InChI=1S/C11H21N3O2/c1-3-4-5-13-10(15)8-14-7-6-12-9(2)11(14)16/h9,12H,3-8H2,1-2H3,(H,13,15). The summed E-state index contributed by atoms with van der Waals surface area (Å²) in [5, 5.41) is 5.88. The molecular weight excluding hydrogens is 206 g/mol. The summed E-state index contributed by atoms with van der Waals surface area (Å²) in [5.74, 6) is -0.0483. The molecular formula is C11H21N3O2. The van der Waals surface area contributed by atoms with Crippen LogP contribution in [0.2, 0.25) is 0 Å². The molecule has 0 bridgehead atoms. The number of hydrogen-bond donors (Lipinski definition) is 2. The summed E-state index contributed by atoms with van der Waals surface area (Å²) >= 11 is 0. The van der Waals surface area contributed by atoms with Gasteiger partial charge < -0.3 is 15.5 Å². The highest BCUT2D eigenvalue weighted by atomic mass is 16.2. The minimum absolute atomic E-state index is 0.0110. The molecule has 0 saturated carbocycles. The number of amides is 2. The van der Waals surface area contributed by atoms with Crippen molar-refractivity contribution in [2.75, 3.05) is 26.2 Å². The van der Waals surface area contributed by atoms with E-state index in [0.717, 1.165) is 19.4 Å². The molecule has 2 amide bonds. The summed E-state index contributed by atoms with van der Waals surface area (Å²) in [6.45, 7) is 6.16. The highest BCUT2D eigenvalue weighted by Crippen LogP contribution is 2.00. The van der Waals surface area contributed by atoms with Crippen LogP contribution in [-0.4, -0.2) is 48.9 Å². The van der Waals surface area contributed by atoms with Gasteiger partial charge in [0.2, 0.25) is 11.8 Å². The van der Waals surface area contributed by atoms with Gasteiger partial charge in [0.25, 0.3) is 0 Å². The molecule has 0 aromatic heterocycles. The van der Waals surface area contributed by atoms with Crippen LogP contribution in [-0.2, 0) is 9.59 Å². The molecule has 0 aromatic rings. The van der Waals surface area contributed by atoms with Crippen LogP contribution in [0.1, 0.15) is 26.7 Å². The lowest BCUT2D eigenvalue weighted by molar-refractivity contribution is -0.139. The molecule has 2 N–H and O–H groups in total. The van der Waals surface area contributed by atoms with Gasteiger partial charge in [0, 0.05) is 19.6 Å². The SMILES string of the molecule is CCCCNC(=O)CN1CCNC(C)C1=O. The number of rotatable bonds is 5. The van der Waals surface area contributed by atoms with E-state index in [0.29, 0.717) is 13.1 Å². The molecule has 1 rings (SSSR count). The first-order valence-electron chi connectivity index (χ1n) is 5.94. The van der Waals surface area contributed by atoms with Crippen LogP contribution < -0.4 is 10.6 Å². The van der Waals surface area contributed by atoms with Gasteiger partial charge in [0.15, 0.2) is 0 Å². The van der Waals surface area contributed by atoms with Crippen molar-refractivity contribution in [2.24, 2.45) is 0 Å². The van der Waals surface area contributed by atoms with E-state index in [1.165, 1.54) is 0 Å². The van der Waals surface area contributed by atoms with E-state index in [9.17, 15) is 9.59 Å². The third-order valence-electron chi connectivity index (χ3n) is 2.70. The zero-order valence-corrected chi connectivity index (χ0v) is 10.1. The molecule has 92 valence electrons. The maximum Gasteiger partial charge on any atom is 0.239 e. The first-order valence-corrected chi connectivity index (χ1v) is 5.94. The molecule has 5 heteroatoms. The van der Waals surface area contributed by atoms with Crippen molar-refractivity contribution in [3.63, 3.8) is 0 Å². The van der Waals surface area contributed by atoms with E-state index in [2.05, 4.69) is 17.6 Å². The van der Waals surface area contributed by atoms with Gasteiger partial charge in [-0.05, 0) is 13.3 Å². The first kappa shape index (κ1) is 13.0. The molecule has 0 aromatic carbocycles. The van der Waals surface area contributed by atoms with Crippen molar-refractivity contribution in [3.8, 4) is 0 Å². The molecule has 1 fully saturated rings. The summed E-state index contributed by atoms with van der Waals surface area (Å²) in [6.07, 6.45) is 2.04. The summed E-state index contributed by atoms with van der Waals surface area (Å²) in [6, 6.07) is -0.169. The number of hydrogen-bond acceptors (Lipinski definition) is 3. The lowest BCUT2D eigenvalue weighted by atomic mass is 10.2. The van der Waals surface area contributed by atoms with Gasteiger partial charge in [0.1, 0.15) is 0 Å². The Hall–Kier alpha value is -1.10. The van der Waals surface area contributed by atoms with Crippen LogP contribution in [0.15, 0.2) is 0 Å². The predicted molar refractivity (Wildman–Crippen MR) is 62.0 cm³/mol. The van der Waals surface area contributed by atoms with Gasteiger partial charge in [0.05, 0.1) is 12.6 Å². The van der Waals surface area contributed by atoms with Crippen LogP contribution in [0.4, 0.5) is 0 Å². The van der Waals surface area contributed by atoms with E-state index in [1.807, 2.05) is 6.92 Å². The molecule has 0 spiro atoms. The maximum absolute atomic E-state index is 11.7. The lowest BCUT2D eigenvalue weighted by Crippen LogP contribution is -2.55. The van der Waals surface area contributed by atoms with E-state index >= 15 is 0 Å². The summed E-state index contributed by atoms with van der Waals surface area (Å²) in [7, 11) is 0. The Morgan fingerprint density at radius 3 is 3.06 bits per heavy atom. The highest BCUT2D eigenvalue weighted by Gasteiger charge is 2.25. The quantitative estimate of drug-likeness (QED) is 0.635. The number of nitrogens with zero attached hydrogens (tertiary/aromatic N) is 1. The van der Waals surface area contributed by atoms with Crippen LogP contribution in [0.25, 0.3) is 0 Å². The molecule has 1 heterocycles. The number of unbranched alkanes of at least 4 members (excludes halogenated alkanes) is 1. The minimum Gasteiger partial charge on any atom is -0.355 e. The third-order valence-corrected chi connectivity index (χ3v) is 2.70. The fraction of sp³-hybridized carbons (Fsp3) is 0.818. The van der Waals surface area contributed by atoms with Gasteiger partial charge >= 0.3 is 0 Å². The first-order chi connectivity index (χ1) is 7.65. The summed E-state index contributed by atoms with van der Waals surface area (Å²) < 4.78 is 0. The average Bonchev–Trinajstić information content (AvgIpc) is 2.25. The Balaban J connectivity index is 2.29. The Bertz CT molecular complexity index is 256. The normalized spacial score (nSPS) is 21.0. The number of nitrogens with one attached hydrogen (secondary N) is 2. The molecule has 16 heavy (non-hydrogen) atoms. The third kappa shape index (κ3) is 3.81. The molecule has 1 aliphatic rings. The predicted octanol–water partition coefficient (Wildman–Crippen LogP) is -0.277. The Labute approximate surface area is 96.6 Å². The van der Waals surface area contributed by atoms with E-state index in [-0.39, 0.29) is 24.4 Å². The van der Waals surface area contributed by atoms with Gasteiger partial charge in [-0.3, -0.25) is 9.59 Å². The Morgan fingerprint density at radius 1 is 1.62 bits per heavy atom. The second kappa shape index (κ2) is 6.48. The summed E-state index contributed by atoms with van der Waals surface area (Å²) in [5.41, 5.74) is 0. The zero-order valence-electron chi connectivity index (χ0n) is 10.1. The second-order valence-electron chi connectivity index (χ2n) is 4.14. The van der Waals surface area contributed by atoms with Crippen molar-refractivity contribution in [1.29, 1.82) is 0 Å². The largest absolute Gasteiger partial charge is 0.355 e. The lowest BCUT2D eigenvalue weighted by Gasteiger charge is -2.30. The zero-order chi connectivity index (χ0) is 12.0. The smallest absolute Gasteiger partial charge is 0.239 e. The van der Waals surface area contributed by atoms with E-state index < -0.39 is 0 Å². The highest BCUT2D eigenvalue weighted by molar-refractivity contribution is 5.87. The van der Waals surface area contributed by atoms with Crippen molar-refractivity contribution in [3.05, 3.63) is 0 Å². The van der Waals surface area contributed by atoms with Gasteiger partial charge in [-0.2, -0.15) is 0 Å². The molecule has 5 nitrogen and oxygen atoms in total. The van der Waals surface area contributed by atoms with Crippen LogP contribution >= 0.6 is 0 Å². The van der Waals surface area contributed by atoms with Crippen molar-refractivity contribution in [2.45, 2.75) is 32.7 Å². The number of piperazine rings is 1. The minimum atomic E-state index is -0.169. The second-order valence-corrected chi connectivity index (χ2v) is 4.14. The molecule has 0 aliphatic carbocycles. The van der Waals surface area contributed by atoms with Crippen molar-refractivity contribution < 1.29 is 9.59 Å². The molecule has 1 aliphatic heterocycles. The fourth-order valence-corrected chi connectivity index (χ4v) is 1.68. The molecule has 1 atom stereocenters. The maximum atomic E-state index is 11.7. The fourth-order valence-electron chi connectivity index (χ4n) is 1.68. The van der Waals surface area contributed by atoms with Crippen LogP contribution in [0.5, 0.6) is 0 Å². The molecule has 0 radical (unpaired) electrons. The topological polar surface area (TPSA) is 61.4 Å². The van der Waals surface area contributed by atoms with Crippen LogP contribution in [0.3, 0.4) is 0 Å². The molecule has 1 unspecified atom stereocenters. The van der Waals surface area contributed by atoms with Crippen LogP contribution in [0, 0.1) is 0 Å².